The second-order valence-electron chi connectivity index (χ2n) is 10.3. The molecule has 4 rings (SSSR count). The molecule has 0 fully saturated rings. The fourth-order valence-corrected chi connectivity index (χ4v) is 5.09. The lowest BCUT2D eigenvalue weighted by Gasteiger charge is -2.18. The number of alkyl halides is 3. The van der Waals surface area contributed by atoms with Crippen LogP contribution in [0.25, 0.3) is 10.9 Å². The van der Waals surface area contributed by atoms with Gasteiger partial charge in [-0.2, -0.15) is 13.2 Å². The molecular formula is C29H30F4N4O5S. The van der Waals surface area contributed by atoms with Crippen LogP contribution in [0.2, 0.25) is 0 Å². The van der Waals surface area contributed by atoms with E-state index in [0.717, 1.165) is 29.3 Å². The van der Waals surface area contributed by atoms with Crippen molar-refractivity contribution in [2.45, 2.75) is 38.2 Å². The first-order valence-corrected chi connectivity index (χ1v) is 14.9. The first-order valence-electron chi connectivity index (χ1n) is 13.1. The molecule has 43 heavy (non-hydrogen) atoms. The van der Waals surface area contributed by atoms with Crippen LogP contribution in [0.1, 0.15) is 45.8 Å². The average molecular weight is 623 g/mol. The number of sulfonamides is 1. The third-order valence-electron chi connectivity index (χ3n) is 6.57. The van der Waals surface area contributed by atoms with Crippen LogP contribution >= 0.6 is 0 Å². The Morgan fingerprint density at radius 1 is 1.02 bits per heavy atom. The zero-order valence-electron chi connectivity index (χ0n) is 23.1. The number of carbonyl (C=O) groups excluding carboxylic acids is 1. The number of hydrogen-bond donors (Lipinski definition) is 6. The Kier molecular flexibility index (Phi) is 9.32. The Bertz CT molecular complexity index is 1740. The van der Waals surface area contributed by atoms with Gasteiger partial charge in [-0.25, -0.2) is 12.8 Å². The minimum atomic E-state index is -4.71. The van der Waals surface area contributed by atoms with Crippen molar-refractivity contribution in [2.75, 3.05) is 17.5 Å². The lowest BCUT2D eigenvalue weighted by molar-refractivity contribution is -0.137. The van der Waals surface area contributed by atoms with Crippen molar-refractivity contribution in [3.8, 4) is 5.75 Å². The zero-order chi connectivity index (χ0) is 31.5. The van der Waals surface area contributed by atoms with Crippen molar-refractivity contribution in [1.82, 2.24) is 15.6 Å². The highest BCUT2D eigenvalue weighted by Gasteiger charge is 2.31. The number of nitrogens with one attached hydrogen (secondary N) is 4. The van der Waals surface area contributed by atoms with Gasteiger partial charge in [-0.1, -0.05) is 12.1 Å². The van der Waals surface area contributed by atoms with Gasteiger partial charge in [-0.15, -0.1) is 0 Å². The number of aromatic nitrogens is 1. The fraction of sp³-hybridized carbons (Fsp3) is 0.276. The highest BCUT2D eigenvalue weighted by Crippen LogP contribution is 2.31. The van der Waals surface area contributed by atoms with Gasteiger partial charge in [0.25, 0.3) is 5.91 Å². The van der Waals surface area contributed by atoms with Crippen LogP contribution in [-0.2, 0) is 29.2 Å². The number of benzene rings is 3. The molecule has 0 aliphatic carbocycles. The number of carbonyl (C=O) groups is 1. The standard InChI is InChI=1S/C29H30F4N4O5S/c1-16(34-15-27(39)19-4-6-26(38)24(11-19)37-43(2,41)42)7-17-3-5-23-20(8-17)12-25(36-23)28(40)35-14-18-9-21(29(31,32)33)13-22(30)10-18/h3-6,8-13,16,27,34,36-39H,7,14-15H2,1-2H3,(H,35,40)/t16-,27+/m1/s1. The number of phenols is 1. The van der Waals surface area contributed by atoms with Gasteiger partial charge < -0.3 is 25.8 Å². The molecule has 0 spiro atoms. The van der Waals surface area contributed by atoms with Crippen molar-refractivity contribution < 1.29 is 41.0 Å². The number of fused-ring (bicyclic) bond motifs is 1. The van der Waals surface area contributed by atoms with E-state index in [0.29, 0.717) is 23.6 Å². The lowest BCUT2D eigenvalue weighted by Crippen LogP contribution is -2.32. The number of halogens is 4. The monoisotopic (exact) mass is 622 g/mol. The van der Waals surface area contributed by atoms with E-state index < -0.39 is 39.6 Å². The second-order valence-corrected chi connectivity index (χ2v) is 12.1. The predicted molar refractivity (Wildman–Crippen MR) is 154 cm³/mol. The Labute approximate surface area is 245 Å². The molecule has 1 aromatic heterocycles. The molecule has 0 aliphatic rings. The van der Waals surface area contributed by atoms with Gasteiger partial charge >= 0.3 is 6.18 Å². The molecule has 230 valence electrons. The van der Waals surface area contributed by atoms with Gasteiger partial charge in [-0.3, -0.25) is 9.52 Å². The SMILES string of the molecule is C[C@H](Cc1ccc2[nH]c(C(=O)NCc3cc(F)cc(C(F)(F)F)c3)cc2c1)NC[C@H](O)c1ccc(O)c(NS(C)(=O)=O)c1. The smallest absolute Gasteiger partial charge is 0.416 e. The molecule has 0 radical (unpaired) electrons. The molecule has 6 N–H and O–H groups in total. The third kappa shape index (κ3) is 8.69. The summed E-state index contributed by atoms with van der Waals surface area (Å²) in [7, 11) is -3.62. The molecular weight excluding hydrogens is 592 g/mol. The minimum absolute atomic E-state index is 0.0258. The molecule has 1 heterocycles. The number of hydrogen-bond acceptors (Lipinski definition) is 6. The summed E-state index contributed by atoms with van der Waals surface area (Å²) in [4.78, 5) is 15.6. The third-order valence-corrected chi connectivity index (χ3v) is 7.16. The van der Waals surface area contributed by atoms with E-state index in [1.54, 1.807) is 12.1 Å². The molecule has 1 amide bonds. The van der Waals surface area contributed by atoms with Crippen LogP contribution in [0, 0.1) is 5.82 Å². The molecule has 0 bridgehead atoms. The summed E-state index contributed by atoms with van der Waals surface area (Å²) in [5.41, 5.74) is 0.988. The Balaban J connectivity index is 1.34. The Morgan fingerprint density at radius 3 is 2.47 bits per heavy atom. The van der Waals surface area contributed by atoms with Crippen LogP contribution in [0.4, 0.5) is 23.2 Å². The topological polar surface area (TPSA) is 144 Å². The van der Waals surface area contributed by atoms with Crippen molar-refractivity contribution in [2.24, 2.45) is 0 Å². The van der Waals surface area contributed by atoms with Gasteiger partial charge in [0.05, 0.1) is 23.6 Å². The first kappa shape index (κ1) is 31.8. The zero-order valence-corrected chi connectivity index (χ0v) is 23.9. The number of aromatic amines is 1. The van der Waals surface area contributed by atoms with E-state index in [2.05, 4.69) is 20.3 Å². The van der Waals surface area contributed by atoms with Gasteiger partial charge in [0, 0.05) is 30.0 Å². The summed E-state index contributed by atoms with van der Waals surface area (Å²) >= 11 is 0. The maximum atomic E-state index is 13.7. The van der Waals surface area contributed by atoms with E-state index >= 15 is 0 Å². The molecule has 14 heteroatoms. The van der Waals surface area contributed by atoms with Crippen LogP contribution < -0.4 is 15.4 Å². The number of aromatic hydroxyl groups is 1. The number of anilines is 1. The lowest BCUT2D eigenvalue weighted by atomic mass is 10.0. The fourth-order valence-electron chi connectivity index (χ4n) is 4.52. The second kappa shape index (κ2) is 12.6. The molecule has 2 atom stereocenters. The maximum Gasteiger partial charge on any atom is 0.416 e. The number of aliphatic hydroxyl groups excluding tert-OH is 1. The van der Waals surface area contributed by atoms with E-state index in [1.807, 2.05) is 19.1 Å². The molecule has 9 nitrogen and oxygen atoms in total. The van der Waals surface area contributed by atoms with Crippen molar-refractivity contribution in [3.63, 3.8) is 0 Å². The summed E-state index contributed by atoms with van der Waals surface area (Å²) in [5.74, 6) is -1.88. The Hall–Kier alpha value is -4.14. The molecule has 3 aromatic carbocycles. The number of H-pyrrole nitrogens is 1. The average Bonchev–Trinajstić information content (AvgIpc) is 3.34. The van der Waals surface area contributed by atoms with E-state index in [-0.39, 0.29) is 41.8 Å². The van der Waals surface area contributed by atoms with E-state index in [4.69, 9.17) is 0 Å². The number of aliphatic hydroxyl groups is 1. The first-order chi connectivity index (χ1) is 20.1. The molecule has 0 unspecified atom stereocenters. The summed E-state index contributed by atoms with van der Waals surface area (Å²) in [6.07, 6.45) is -4.18. The molecule has 0 saturated carbocycles. The number of rotatable bonds is 11. The largest absolute Gasteiger partial charge is 0.506 e. The molecule has 0 saturated heterocycles. The quantitative estimate of drug-likeness (QED) is 0.107. The normalized spacial score (nSPS) is 13.6. The van der Waals surface area contributed by atoms with Crippen molar-refractivity contribution in [1.29, 1.82) is 0 Å². The highest BCUT2D eigenvalue weighted by atomic mass is 32.2. The van der Waals surface area contributed by atoms with Gasteiger partial charge in [0.15, 0.2) is 0 Å². The molecule has 0 aliphatic heterocycles. The van der Waals surface area contributed by atoms with Gasteiger partial charge in [0.2, 0.25) is 10.0 Å². The predicted octanol–water partition coefficient (Wildman–Crippen LogP) is 4.59. The molecule has 4 aromatic rings. The van der Waals surface area contributed by atoms with Crippen molar-refractivity contribution in [3.05, 3.63) is 94.4 Å². The minimum Gasteiger partial charge on any atom is -0.506 e. The van der Waals surface area contributed by atoms with Crippen LogP contribution in [0.15, 0.2) is 60.7 Å². The van der Waals surface area contributed by atoms with E-state index in [1.165, 1.54) is 18.2 Å². The van der Waals surface area contributed by atoms with Gasteiger partial charge in [0.1, 0.15) is 17.3 Å². The van der Waals surface area contributed by atoms with Crippen LogP contribution in [-0.4, -0.2) is 48.4 Å². The Morgan fingerprint density at radius 2 is 1.77 bits per heavy atom. The summed E-state index contributed by atoms with van der Waals surface area (Å²) in [5, 5.41) is 26.9. The number of phenolic OH excluding ortho intramolecular Hbond substituents is 1. The highest BCUT2D eigenvalue weighted by molar-refractivity contribution is 7.92. The van der Waals surface area contributed by atoms with Crippen LogP contribution in [0.5, 0.6) is 5.75 Å². The van der Waals surface area contributed by atoms with E-state index in [9.17, 15) is 41.0 Å². The van der Waals surface area contributed by atoms with Crippen LogP contribution in [0.3, 0.4) is 0 Å². The van der Waals surface area contributed by atoms with Crippen molar-refractivity contribution >= 4 is 32.5 Å². The summed E-state index contributed by atoms with van der Waals surface area (Å²) < 4.78 is 77.7. The van der Waals surface area contributed by atoms with Gasteiger partial charge in [-0.05, 0) is 78.6 Å². The maximum absolute atomic E-state index is 13.7. The summed E-state index contributed by atoms with van der Waals surface area (Å²) in [6, 6.07) is 13.3. The summed E-state index contributed by atoms with van der Waals surface area (Å²) in [6.45, 7) is 1.77. The number of amides is 1.